The molecule has 150 valence electrons. The molecular weight excluding hydrogens is 342 g/mol. The molecule has 0 aromatic heterocycles. The van der Waals surface area contributed by atoms with E-state index in [2.05, 4.69) is 4.90 Å². The first-order valence-corrected chi connectivity index (χ1v) is 10.3. The molecule has 1 amide bonds. The van der Waals surface area contributed by atoms with E-state index in [1.807, 2.05) is 12.1 Å². The van der Waals surface area contributed by atoms with Gasteiger partial charge in [-0.3, -0.25) is 4.79 Å². The van der Waals surface area contributed by atoms with Crippen molar-refractivity contribution < 1.29 is 19.0 Å². The minimum absolute atomic E-state index is 0.128. The summed E-state index contributed by atoms with van der Waals surface area (Å²) in [4.78, 5) is 15.6. The Morgan fingerprint density at radius 3 is 1.96 bits per heavy atom. The van der Waals surface area contributed by atoms with Crippen molar-refractivity contribution in [2.75, 3.05) is 34.4 Å². The van der Waals surface area contributed by atoms with Crippen LogP contribution in [0, 0.1) is 5.92 Å². The number of nitrogens with zero attached hydrogens (tertiary/aromatic N) is 1. The molecular formula is C22H33NO4. The molecule has 0 bridgehead atoms. The number of ether oxygens (including phenoxy) is 3. The number of carbonyl (C=O) groups is 1. The molecule has 1 aromatic carbocycles. The first-order valence-electron chi connectivity index (χ1n) is 10.3. The van der Waals surface area contributed by atoms with E-state index < -0.39 is 0 Å². The van der Waals surface area contributed by atoms with Gasteiger partial charge in [0.15, 0.2) is 11.5 Å². The highest BCUT2D eigenvalue weighted by atomic mass is 16.5. The van der Waals surface area contributed by atoms with Crippen molar-refractivity contribution in [3.05, 3.63) is 17.7 Å². The van der Waals surface area contributed by atoms with Gasteiger partial charge in [-0.05, 0) is 55.7 Å². The Hall–Kier alpha value is -1.91. The van der Waals surface area contributed by atoms with E-state index in [9.17, 15) is 4.79 Å². The summed E-state index contributed by atoms with van der Waals surface area (Å²) in [6.07, 6.45) is 9.36. The van der Waals surface area contributed by atoms with Gasteiger partial charge in [-0.1, -0.05) is 19.3 Å². The van der Waals surface area contributed by atoms with E-state index >= 15 is 0 Å². The third kappa shape index (κ3) is 4.33. The van der Waals surface area contributed by atoms with Crippen molar-refractivity contribution in [3.63, 3.8) is 0 Å². The van der Waals surface area contributed by atoms with E-state index in [4.69, 9.17) is 14.2 Å². The second-order valence-corrected chi connectivity index (χ2v) is 7.72. The highest BCUT2D eigenvalue weighted by molar-refractivity contribution is 5.85. The maximum absolute atomic E-state index is 13.6. The number of amides is 1. The monoisotopic (exact) mass is 375 g/mol. The number of benzene rings is 1. The van der Waals surface area contributed by atoms with Gasteiger partial charge in [-0.25, -0.2) is 0 Å². The molecule has 5 heteroatoms. The molecule has 1 atom stereocenters. The quantitative estimate of drug-likeness (QED) is 0.740. The Morgan fingerprint density at radius 2 is 1.44 bits per heavy atom. The van der Waals surface area contributed by atoms with Gasteiger partial charge in [0.05, 0.1) is 27.2 Å². The minimum Gasteiger partial charge on any atom is -0.493 e. The molecule has 1 saturated heterocycles. The van der Waals surface area contributed by atoms with E-state index in [-0.39, 0.29) is 11.8 Å². The molecule has 1 saturated carbocycles. The van der Waals surface area contributed by atoms with Gasteiger partial charge < -0.3 is 19.1 Å². The van der Waals surface area contributed by atoms with Gasteiger partial charge >= 0.3 is 0 Å². The standard InChI is InChI=1S/C22H33NO4/c1-25-18-14-17(15-19(26-2)21(18)27-3)20(16-10-6-4-7-11-16)22(24)23-12-8-5-9-13-23/h14-16,20H,4-13H2,1-3H3. The van der Waals surface area contributed by atoms with Crippen LogP contribution in [0.3, 0.4) is 0 Å². The summed E-state index contributed by atoms with van der Waals surface area (Å²) < 4.78 is 16.6. The normalized spacial score (nSPS) is 19.4. The Kier molecular flexibility index (Phi) is 6.86. The zero-order valence-electron chi connectivity index (χ0n) is 17.0. The van der Waals surface area contributed by atoms with Crippen molar-refractivity contribution in [2.45, 2.75) is 57.3 Å². The SMILES string of the molecule is COc1cc(C(C(=O)N2CCCCC2)C2CCCCC2)cc(OC)c1OC. The van der Waals surface area contributed by atoms with Crippen molar-refractivity contribution >= 4 is 5.91 Å². The Labute approximate surface area is 163 Å². The van der Waals surface area contributed by atoms with Crippen LogP contribution >= 0.6 is 0 Å². The van der Waals surface area contributed by atoms with Crippen molar-refractivity contribution in [3.8, 4) is 17.2 Å². The van der Waals surface area contributed by atoms with E-state index in [1.54, 1.807) is 21.3 Å². The van der Waals surface area contributed by atoms with Crippen molar-refractivity contribution in [1.29, 1.82) is 0 Å². The van der Waals surface area contributed by atoms with Crippen LogP contribution in [0.15, 0.2) is 12.1 Å². The molecule has 2 aliphatic rings. The largest absolute Gasteiger partial charge is 0.493 e. The average molecular weight is 376 g/mol. The first kappa shape index (κ1) is 19.8. The number of carbonyl (C=O) groups excluding carboxylic acids is 1. The lowest BCUT2D eigenvalue weighted by molar-refractivity contribution is -0.135. The summed E-state index contributed by atoms with van der Waals surface area (Å²) >= 11 is 0. The van der Waals surface area contributed by atoms with Crippen molar-refractivity contribution in [2.24, 2.45) is 5.92 Å². The van der Waals surface area contributed by atoms with Gasteiger partial charge in [0, 0.05) is 13.1 Å². The van der Waals surface area contributed by atoms with Crippen LogP contribution in [-0.4, -0.2) is 45.2 Å². The number of hydrogen-bond donors (Lipinski definition) is 0. The molecule has 1 aromatic rings. The highest BCUT2D eigenvalue weighted by Crippen LogP contribution is 2.44. The summed E-state index contributed by atoms with van der Waals surface area (Å²) in [7, 11) is 4.86. The van der Waals surface area contributed by atoms with E-state index in [1.165, 1.54) is 25.7 Å². The van der Waals surface area contributed by atoms with Gasteiger partial charge in [0.25, 0.3) is 0 Å². The maximum Gasteiger partial charge on any atom is 0.230 e. The maximum atomic E-state index is 13.6. The molecule has 0 N–H and O–H groups in total. The van der Waals surface area contributed by atoms with Gasteiger partial charge in [-0.2, -0.15) is 0 Å². The number of likely N-dealkylation sites (tertiary alicyclic amines) is 1. The zero-order valence-corrected chi connectivity index (χ0v) is 17.0. The second-order valence-electron chi connectivity index (χ2n) is 7.72. The summed E-state index contributed by atoms with van der Waals surface area (Å²) in [5.74, 6) is 2.36. The molecule has 5 nitrogen and oxygen atoms in total. The molecule has 27 heavy (non-hydrogen) atoms. The molecule has 1 aliphatic heterocycles. The fourth-order valence-corrected chi connectivity index (χ4v) is 4.68. The summed E-state index contributed by atoms with van der Waals surface area (Å²) in [5, 5.41) is 0. The smallest absolute Gasteiger partial charge is 0.230 e. The first-order chi connectivity index (χ1) is 13.2. The molecule has 2 fully saturated rings. The lowest BCUT2D eigenvalue weighted by Gasteiger charge is -2.36. The Morgan fingerprint density at radius 1 is 0.889 bits per heavy atom. The zero-order chi connectivity index (χ0) is 19.2. The van der Waals surface area contributed by atoms with Crippen LogP contribution in [0.2, 0.25) is 0 Å². The van der Waals surface area contributed by atoms with E-state index in [0.29, 0.717) is 23.2 Å². The molecule has 1 aliphatic carbocycles. The third-order valence-electron chi connectivity index (χ3n) is 6.10. The minimum atomic E-state index is -0.128. The fourth-order valence-electron chi connectivity index (χ4n) is 4.68. The number of methoxy groups -OCH3 is 3. The van der Waals surface area contributed by atoms with Crippen LogP contribution in [0.1, 0.15) is 62.8 Å². The number of rotatable bonds is 6. The van der Waals surface area contributed by atoms with Crippen LogP contribution in [0.4, 0.5) is 0 Å². The Bertz CT molecular complexity index is 608. The molecule has 0 radical (unpaired) electrons. The molecule has 3 rings (SSSR count). The molecule has 0 spiro atoms. The van der Waals surface area contributed by atoms with Crippen LogP contribution < -0.4 is 14.2 Å². The molecule has 1 heterocycles. The van der Waals surface area contributed by atoms with Crippen LogP contribution in [0.25, 0.3) is 0 Å². The number of piperidine rings is 1. The lowest BCUT2D eigenvalue weighted by atomic mass is 9.75. The fraction of sp³-hybridized carbons (Fsp3) is 0.682. The van der Waals surface area contributed by atoms with Gasteiger partial charge in [-0.15, -0.1) is 0 Å². The summed E-state index contributed by atoms with van der Waals surface area (Å²) in [6, 6.07) is 3.95. The van der Waals surface area contributed by atoms with E-state index in [0.717, 1.165) is 44.3 Å². The van der Waals surface area contributed by atoms with Crippen LogP contribution in [-0.2, 0) is 4.79 Å². The average Bonchev–Trinajstić information content (AvgIpc) is 2.74. The Balaban J connectivity index is 1.99. The molecule has 1 unspecified atom stereocenters. The predicted molar refractivity (Wildman–Crippen MR) is 106 cm³/mol. The van der Waals surface area contributed by atoms with Crippen LogP contribution in [0.5, 0.6) is 17.2 Å². The summed E-state index contributed by atoms with van der Waals surface area (Å²) in [5.41, 5.74) is 0.993. The van der Waals surface area contributed by atoms with Gasteiger partial charge in [0.1, 0.15) is 0 Å². The highest BCUT2D eigenvalue weighted by Gasteiger charge is 2.35. The predicted octanol–water partition coefficient (Wildman–Crippen LogP) is 4.39. The van der Waals surface area contributed by atoms with Gasteiger partial charge in [0.2, 0.25) is 11.7 Å². The lowest BCUT2D eigenvalue weighted by Crippen LogP contribution is -2.41. The third-order valence-corrected chi connectivity index (χ3v) is 6.10. The summed E-state index contributed by atoms with van der Waals surface area (Å²) in [6.45, 7) is 1.76. The number of hydrogen-bond acceptors (Lipinski definition) is 4. The topological polar surface area (TPSA) is 48.0 Å². The van der Waals surface area contributed by atoms with Crippen molar-refractivity contribution in [1.82, 2.24) is 4.90 Å². The second kappa shape index (κ2) is 9.34.